The van der Waals surface area contributed by atoms with Crippen molar-refractivity contribution >= 4 is 11.3 Å². The Morgan fingerprint density at radius 2 is 2.43 bits per heavy atom. The van der Waals surface area contributed by atoms with Crippen LogP contribution in [-0.2, 0) is 0 Å². The highest BCUT2D eigenvalue weighted by molar-refractivity contribution is 7.10. The standard InChI is InChI=1S/C12H19NS/c1-4-7-13-11(9-10(2)3)12-6-5-8-14-12/h5-6,8,11,13H,2,4,7,9H2,1,3H3. The second kappa shape index (κ2) is 5.99. The molecule has 0 bridgehead atoms. The monoisotopic (exact) mass is 209 g/mol. The number of thiophene rings is 1. The van der Waals surface area contributed by atoms with Crippen molar-refractivity contribution in [1.82, 2.24) is 5.32 Å². The summed E-state index contributed by atoms with van der Waals surface area (Å²) in [6.07, 6.45) is 2.22. The van der Waals surface area contributed by atoms with Crippen LogP contribution in [0.4, 0.5) is 0 Å². The lowest BCUT2D eigenvalue weighted by Gasteiger charge is -2.16. The first kappa shape index (κ1) is 11.5. The van der Waals surface area contributed by atoms with Gasteiger partial charge in [-0.1, -0.05) is 18.6 Å². The van der Waals surface area contributed by atoms with Crippen LogP contribution in [0, 0.1) is 0 Å². The van der Waals surface area contributed by atoms with Gasteiger partial charge in [-0.15, -0.1) is 17.9 Å². The van der Waals surface area contributed by atoms with Crippen LogP contribution < -0.4 is 5.32 Å². The van der Waals surface area contributed by atoms with E-state index in [-0.39, 0.29) is 0 Å². The van der Waals surface area contributed by atoms with E-state index in [0.717, 1.165) is 13.0 Å². The van der Waals surface area contributed by atoms with Gasteiger partial charge in [0.25, 0.3) is 0 Å². The quantitative estimate of drug-likeness (QED) is 0.703. The van der Waals surface area contributed by atoms with Gasteiger partial charge in [0.15, 0.2) is 0 Å². The number of rotatable bonds is 6. The Balaban J connectivity index is 2.57. The molecule has 0 fully saturated rings. The van der Waals surface area contributed by atoms with Crippen molar-refractivity contribution in [2.45, 2.75) is 32.7 Å². The summed E-state index contributed by atoms with van der Waals surface area (Å²) in [7, 11) is 0. The van der Waals surface area contributed by atoms with Gasteiger partial charge in [0.2, 0.25) is 0 Å². The molecule has 0 amide bonds. The Hall–Kier alpha value is -0.600. The summed E-state index contributed by atoms with van der Waals surface area (Å²) >= 11 is 1.82. The van der Waals surface area contributed by atoms with Crippen molar-refractivity contribution in [3.63, 3.8) is 0 Å². The summed E-state index contributed by atoms with van der Waals surface area (Å²) in [4.78, 5) is 1.42. The zero-order valence-electron chi connectivity index (χ0n) is 9.05. The van der Waals surface area contributed by atoms with E-state index >= 15 is 0 Å². The molecule has 0 radical (unpaired) electrons. The smallest absolute Gasteiger partial charge is 0.0452 e. The molecule has 1 N–H and O–H groups in total. The van der Waals surface area contributed by atoms with Gasteiger partial charge >= 0.3 is 0 Å². The molecule has 0 aliphatic carbocycles. The molecule has 1 aromatic rings. The first-order valence-electron chi connectivity index (χ1n) is 5.15. The Labute approximate surface area is 90.9 Å². The summed E-state index contributed by atoms with van der Waals surface area (Å²) < 4.78 is 0. The molecule has 0 aromatic carbocycles. The highest BCUT2D eigenvalue weighted by atomic mass is 32.1. The maximum Gasteiger partial charge on any atom is 0.0452 e. The molecule has 0 saturated heterocycles. The molecule has 1 rings (SSSR count). The highest BCUT2D eigenvalue weighted by Crippen LogP contribution is 2.24. The molecule has 1 aromatic heterocycles. The second-order valence-electron chi connectivity index (χ2n) is 3.68. The summed E-state index contributed by atoms with van der Waals surface area (Å²) in [5.41, 5.74) is 1.24. The average molecular weight is 209 g/mol. The number of nitrogens with one attached hydrogen (secondary N) is 1. The fourth-order valence-electron chi connectivity index (χ4n) is 1.43. The number of hydrogen-bond donors (Lipinski definition) is 1. The summed E-state index contributed by atoms with van der Waals surface area (Å²) in [6, 6.07) is 4.77. The van der Waals surface area contributed by atoms with Crippen molar-refractivity contribution in [1.29, 1.82) is 0 Å². The third-order valence-corrected chi connectivity index (χ3v) is 3.07. The summed E-state index contributed by atoms with van der Waals surface area (Å²) in [5, 5.41) is 5.69. The van der Waals surface area contributed by atoms with Crippen molar-refractivity contribution in [3.05, 3.63) is 34.5 Å². The van der Waals surface area contributed by atoms with E-state index in [1.165, 1.54) is 16.9 Å². The fourth-order valence-corrected chi connectivity index (χ4v) is 2.23. The molecule has 0 saturated carbocycles. The Bertz CT molecular complexity index is 264. The lowest BCUT2D eigenvalue weighted by atomic mass is 10.1. The third-order valence-electron chi connectivity index (χ3n) is 2.08. The third kappa shape index (κ3) is 3.64. The minimum atomic E-state index is 0.465. The summed E-state index contributed by atoms with van der Waals surface area (Å²) in [5.74, 6) is 0. The Morgan fingerprint density at radius 1 is 1.64 bits per heavy atom. The molecule has 1 nitrogen and oxygen atoms in total. The topological polar surface area (TPSA) is 12.0 Å². The Morgan fingerprint density at radius 3 is 2.93 bits per heavy atom. The van der Waals surface area contributed by atoms with E-state index < -0.39 is 0 Å². The minimum Gasteiger partial charge on any atom is -0.309 e. The van der Waals surface area contributed by atoms with Crippen molar-refractivity contribution in [2.75, 3.05) is 6.54 Å². The molecule has 2 heteroatoms. The normalized spacial score (nSPS) is 12.7. The second-order valence-corrected chi connectivity index (χ2v) is 4.66. The molecule has 14 heavy (non-hydrogen) atoms. The van der Waals surface area contributed by atoms with Crippen LogP contribution >= 0.6 is 11.3 Å². The molecular weight excluding hydrogens is 190 g/mol. The van der Waals surface area contributed by atoms with Crippen LogP contribution in [0.25, 0.3) is 0 Å². The van der Waals surface area contributed by atoms with Crippen molar-refractivity contribution in [2.24, 2.45) is 0 Å². The Kier molecular flexibility index (Phi) is 4.91. The van der Waals surface area contributed by atoms with Crippen LogP contribution in [0.2, 0.25) is 0 Å². The lowest BCUT2D eigenvalue weighted by Crippen LogP contribution is -2.21. The van der Waals surface area contributed by atoms with Gasteiger partial charge in [-0.2, -0.15) is 0 Å². The van der Waals surface area contributed by atoms with Gasteiger partial charge in [0.05, 0.1) is 0 Å². The molecule has 0 spiro atoms. The SMILES string of the molecule is C=C(C)CC(NCCC)c1cccs1. The lowest BCUT2D eigenvalue weighted by molar-refractivity contribution is 0.535. The van der Waals surface area contributed by atoms with Crippen LogP contribution in [-0.4, -0.2) is 6.54 Å². The predicted octanol–water partition coefficient (Wildman–Crippen LogP) is 3.76. The molecule has 1 heterocycles. The van der Waals surface area contributed by atoms with E-state index in [1.807, 2.05) is 11.3 Å². The molecule has 0 aliphatic rings. The maximum absolute atomic E-state index is 3.98. The van der Waals surface area contributed by atoms with Gasteiger partial charge in [-0.3, -0.25) is 0 Å². The van der Waals surface area contributed by atoms with Crippen LogP contribution in [0.1, 0.15) is 37.6 Å². The molecule has 78 valence electrons. The van der Waals surface area contributed by atoms with Crippen LogP contribution in [0.5, 0.6) is 0 Å². The van der Waals surface area contributed by atoms with E-state index in [4.69, 9.17) is 0 Å². The molecule has 0 aliphatic heterocycles. The zero-order valence-corrected chi connectivity index (χ0v) is 9.86. The van der Waals surface area contributed by atoms with Crippen LogP contribution in [0.3, 0.4) is 0 Å². The van der Waals surface area contributed by atoms with Crippen molar-refractivity contribution in [3.8, 4) is 0 Å². The van der Waals surface area contributed by atoms with E-state index in [1.54, 1.807) is 0 Å². The highest BCUT2D eigenvalue weighted by Gasteiger charge is 2.10. The average Bonchev–Trinajstić information content (AvgIpc) is 2.64. The first-order valence-corrected chi connectivity index (χ1v) is 6.03. The largest absolute Gasteiger partial charge is 0.309 e. The summed E-state index contributed by atoms with van der Waals surface area (Å²) in [6.45, 7) is 9.34. The van der Waals surface area contributed by atoms with Crippen LogP contribution in [0.15, 0.2) is 29.7 Å². The van der Waals surface area contributed by atoms with E-state index in [0.29, 0.717) is 6.04 Å². The zero-order chi connectivity index (χ0) is 10.4. The van der Waals surface area contributed by atoms with E-state index in [2.05, 4.69) is 43.3 Å². The first-order chi connectivity index (χ1) is 6.74. The number of hydrogen-bond acceptors (Lipinski definition) is 2. The molecule has 1 atom stereocenters. The van der Waals surface area contributed by atoms with Gasteiger partial charge in [-0.05, 0) is 37.8 Å². The van der Waals surface area contributed by atoms with Gasteiger partial charge in [0.1, 0.15) is 0 Å². The van der Waals surface area contributed by atoms with E-state index in [9.17, 15) is 0 Å². The van der Waals surface area contributed by atoms with Gasteiger partial charge in [0, 0.05) is 10.9 Å². The molecular formula is C12H19NS. The van der Waals surface area contributed by atoms with Gasteiger partial charge < -0.3 is 5.32 Å². The fraction of sp³-hybridized carbons (Fsp3) is 0.500. The van der Waals surface area contributed by atoms with Gasteiger partial charge in [-0.25, -0.2) is 0 Å². The maximum atomic E-state index is 3.98. The predicted molar refractivity (Wildman–Crippen MR) is 64.8 cm³/mol. The minimum absolute atomic E-state index is 0.465. The van der Waals surface area contributed by atoms with Crippen molar-refractivity contribution < 1.29 is 0 Å². The molecule has 1 unspecified atom stereocenters.